The minimum atomic E-state index is 0.359. The van der Waals surface area contributed by atoms with Crippen LogP contribution >= 0.6 is 0 Å². The Morgan fingerprint density at radius 3 is 2.90 bits per heavy atom. The van der Waals surface area contributed by atoms with Gasteiger partial charge in [0.1, 0.15) is 0 Å². The summed E-state index contributed by atoms with van der Waals surface area (Å²) in [6.07, 6.45) is 7.27. The van der Waals surface area contributed by atoms with E-state index in [1.165, 1.54) is 17.7 Å². The SMILES string of the molecule is CCc1nn(C)cc1CN1CCC[C@H](N2CCCC2=O)C1. The normalized spacial score (nSPS) is 24.0. The zero-order valence-corrected chi connectivity index (χ0v) is 13.2. The van der Waals surface area contributed by atoms with E-state index < -0.39 is 0 Å². The van der Waals surface area contributed by atoms with Crippen molar-refractivity contribution in [1.82, 2.24) is 19.6 Å². The van der Waals surface area contributed by atoms with E-state index >= 15 is 0 Å². The Balaban J connectivity index is 1.64. The summed E-state index contributed by atoms with van der Waals surface area (Å²) in [5, 5.41) is 4.53. The van der Waals surface area contributed by atoms with Gasteiger partial charge in [-0.25, -0.2) is 0 Å². The Labute approximate surface area is 126 Å². The Bertz CT molecular complexity index is 510. The quantitative estimate of drug-likeness (QED) is 0.845. The average molecular weight is 290 g/mol. The molecule has 0 N–H and O–H groups in total. The van der Waals surface area contributed by atoms with Crippen LogP contribution in [0.25, 0.3) is 0 Å². The summed E-state index contributed by atoms with van der Waals surface area (Å²) in [5.74, 6) is 0.359. The summed E-state index contributed by atoms with van der Waals surface area (Å²) in [6.45, 7) is 6.24. The number of hydrogen-bond donors (Lipinski definition) is 0. The molecular weight excluding hydrogens is 264 g/mol. The van der Waals surface area contributed by atoms with Crippen LogP contribution < -0.4 is 0 Å². The molecule has 3 heterocycles. The highest BCUT2D eigenvalue weighted by Gasteiger charge is 2.31. The van der Waals surface area contributed by atoms with E-state index in [9.17, 15) is 4.79 Å². The van der Waals surface area contributed by atoms with Gasteiger partial charge in [0.25, 0.3) is 0 Å². The summed E-state index contributed by atoms with van der Waals surface area (Å²) < 4.78 is 1.92. The van der Waals surface area contributed by atoms with Gasteiger partial charge in [0.15, 0.2) is 0 Å². The van der Waals surface area contributed by atoms with Crippen molar-refractivity contribution < 1.29 is 4.79 Å². The van der Waals surface area contributed by atoms with Crippen LogP contribution in [0.15, 0.2) is 6.20 Å². The van der Waals surface area contributed by atoms with Crippen molar-refractivity contribution in [2.75, 3.05) is 19.6 Å². The number of hydrogen-bond acceptors (Lipinski definition) is 3. The van der Waals surface area contributed by atoms with Gasteiger partial charge in [-0.2, -0.15) is 5.10 Å². The molecule has 1 aromatic rings. The van der Waals surface area contributed by atoms with Crippen LogP contribution in [0.3, 0.4) is 0 Å². The smallest absolute Gasteiger partial charge is 0.222 e. The summed E-state index contributed by atoms with van der Waals surface area (Å²) in [6, 6.07) is 0.426. The topological polar surface area (TPSA) is 41.4 Å². The summed E-state index contributed by atoms with van der Waals surface area (Å²) in [4.78, 5) is 16.6. The summed E-state index contributed by atoms with van der Waals surface area (Å²) in [7, 11) is 1.99. The van der Waals surface area contributed by atoms with Gasteiger partial charge in [-0.15, -0.1) is 0 Å². The molecule has 0 bridgehead atoms. The van der Waals surface area contributed by atoms with Gasteiger partial charge in [0.05, 0.1) is 5.69 Å². The molecule has 2 aliphatic heterocycles. The van der Waals surface area contributed by atoms with Gasteiger partial charge in [0, 0.05) is 50.9 Å². The third-order valence-corrected chi connectivity index (χ3v) is 4.75. The lowest BCUT2D eigenvalue weighted by Crippen LogP contribution is -2.48. The number of piperidine rings is 1. The van der Waals surface area contributed by atoms with Crippen molar-refractivity contribution in [2.45, 2.75) is 51.6 Å². The highest BCUT2D eigenvalue weighted by atomic mass is 16.2. The van der Waals surface area contributed by atoms with E-state index in [1.54, 1.807) is 0 Å². The predicted octanol–water partition coefficient (Wildman–Crippen LogP) is 1.57. The predicted molar refractivity (Wildman–Crippen MR) is 81.8 cm³/mol. The maximum absolute atomic E-state index is 11.9. The molecule has 0 spiro atoms. The fourth-order valence-electron chi connectivity index (χ4n) is 3.74. The van der Waals surface area contributed by atoms with E-state index in [0.717, 1.165) is 51.9 Å². The minimum absolute atomic E-state index is 0.359. The van der Waals surface area contributed by atoms with E-state index in [1.807, 2.05) is 11.7 Å². The number of nitrogens with zero attached hydrogens (tertiary/aromatic N) is 4. The van der Waals surface area contributed by atoms with E-state index in [2.05, 4.69) is 28.0 Å². The number of likely N-dealkylation sites (tertiary alicyclic amines) is 2. The molecular formula is C16H26N4O. The molecule has 0 radical (unpaired) electrons. The van der Waals surface area contributed by atoms with Gasteiger partial charge < -0.3 is 4.90 Å². The molecule has 5 nitrogen and oxygen atoms in total. The number of rotatable bonds is 4. The molecule has 116 valence electrons. The first kappa shape index (κ1) is 14.6. The maximum atomic E-state index is 11.9. The fraction of sp³-hybridized carbons (Fsp3) is 0.750. The number of carbonyl (C=O) groups excluding carboxylic acids is 1. The second-order valence-electron chi connectivity index (χ2n) is 6.35. The number of aromatic nitrogens is 2. The molecule has 1 amide bonds. The lowest BCUT2D eigenvalue weighted by atomic mass is 10.0. The van der Waals surface area contributed by atoms with Crippen molar-refractivity contribution in [3.8, 4) is 0 Å². The highest BCUT2D eigenvalue weighted by Crippen LogP contribution is 2.23. The van der Waals surface area contributed by atoms with Crippen molar-refractivity contribution in [3.05, 3.63) is 17.5 Å². The molecule has 21 heavy (non-hydrogen) atoms. The van der Waals surface area contributed by atoms with Crippen LogP contribution in [0.4, 0.5) is 0 Å². The molecule has 1 aromatic heterocycles. The van der Waals surface area contributed by atoms with Gasteiger partial charge in [-0.1, -0.05) is 6.92 Å². The Morgan fingerprint density at radius 2 is 2.19 bits per heavy atom. The largest absolute Gasteiger partial charge is 0.338 e. The molecule has 2 fully saturated rings. The lowest BCUT2D eigenvalue weighted by Gasteiger charge is -2.37. The average Bonchev–Trinajstić information content (AvgIpc) is 3.05. The third-order valence-electron chi connectivity index (χ3n) is 4.75. The lowest BCUT2D eigenvalue weighted by molar-refractivity contribution is -0.130. The van der Waals surface area contributed by atoms with Crippen LogP contribution in [0.1, 0.15) is 43.9 Å². The van der Waals surface area contributed by atoms with Crippen LogP contribution in [-0.2, 0) is 24.8 Å². The fourth-order valence-corrected chi connectivity index (χ4v) is 3.74. The van der Waals surface area contributed by atoms with Crippen LogP contribution in [0, 0.1) is 0 Å². The van der Waals surface area contributed by atoms with E-state index in [-0.39, 0.29) is 0 Å². The number of aryl methyl sites for hydroxylation is 2. The Kier molecular flexibility index (Phi) is 4.29. The van der Waals surface area contributed by atoms with Crippen LogP contribution in [-0.4, -0.2) is 51.2 Å². The van der Waals surface area contributed by atoms with Crippen molar-refractivity contribution >= 4 is 5.91 Å². The van der Waals surface area contributed by atoms with Crippen molar-refractivity contribution in [3.63, 3.8) is 0 Å². The monoisotopic (exact) mass is 290 g/mol. The van der Waals surface area contributed by atoms with Gasteiger partial charge in [-0.05, 0) is 32.2 Å². The molecule has 1 atom stereocenters. The van der Waals surface area contributed by atoms with Gasteiger partial charge in [-0.3, -0.25) is 14.4 Å². The highest BCUT2D eigenvalue weighted by molar-refractivity contribution is 5.78. The maximum Gasteiger partial charge on any atom is 0.222 e. The standard InChI is InChI=1S/C16H26N4O/c1-3-15-13(10-18(2)17-15)11-19-8-4-6-14(12-19)20-9-5-7-16(20)21/h10,14H,3-9,11-12H2,1-2H3/t14-/m0/s1. The van der Waals surface area contributed by atoms with Crippen LogP contribution in [0.5, 0.6) is 0 Å². The molecule has 2 aliphatic rings. The Morgan fingerprint density at radius 1 is 1.33 bits per heavy atom. The first-order chi connectivity index (χ1) is 10.2. The van der Waals surface area contributed by atoms with E-state index in [4.69, 9.17) is 0 Å². The second kappa shape index (κ2) is 6.18. The van der Waals surface area contributed by atoms with Gasteiger partial charge in [0.2, 0.25) is 5.91 Å². The number of carbonyl (C=O) groups is 1. The van der Waals surface area contributed by atoms with Crippen molar-refractivity contribution in [2.24, 2.45) is 7.05 Å². The molecule has 2 saturated heterocycles. The Hall–Kier alpha value is -1.36. The summed E-state index contributed by atoms with van der Waals surface area (Å²) in [5.41, 5.74) is 2.55. The first-order valence-electron chi connectivity index (χ1n) is 8.20. The second-order valence-corrected chi connectivity index (χ2v) is 6.35. The molecule has 0 aliphatic carbocycles. The molecule has 5 heteroatoms. The van der Waals surface area contributed by atoms with E-state index in [0.29, 0.717) is 11.9 Å². The summed E-state index contributed by atoms with van der Waals surface area (Å²) >= 11 is 0. The van der Waals surface area contributed by atoms with Gasteiger partial charge >= 0.3 is 0 Å². The number of amides is 1. The molecule has 0 saturated carbocycles. The molecule has 0 aromatic carbocycles. The van der Waals surface area contributed by atoms with Crippen LogP contribution in [0.2, 0.25) is 0 Å². The minimum Gasteiger partial charge on any atom is -0.338 e. The van der Waals surface area contributed by atoms with Crippen molar-refractivity contribution in [1.29, 1.82) is 0 Å². The third kappa shape index (κ3) is 3.12. The zero-order chi connectivity index (χ0) is 14.8. The first-order valence-corrected chi connectivity index (χ1v) is 8.20. The zero-order valence-electron chi connectivity index (χ0n) is 13.2. The molecule has 3 rings (SSSR count). The molecule has 0 unspecified atom stereocenters.